The van der Waals surface area contributed by atoms with E-state index in [1.165, 1.54) is 0 Å². The van der Waals surface area contributed by atoms with Gasteiger partial charge in [-0.05, 0) is 44.6 Å². The van der Waals surface area contributed by atoms with E-state index in [0.717, 1.165) is 31.3 Å². The van der Waals surface area contributed by atoms with Crippen LogP contribution in [-0.2, 0) is 4.43 Å². The Balaban J connectivity index is 1.96. The zero-order valence-corrected chi connectivity index (χ0v) is 14.4. The van der Waals surface area contributed by atoms with E-state index in [4.69, 9.17) is 4.43 Å². The van der Waals surface area contributed by atoms with Crippen LogP contribution in [0, 0.1) is 0 Å². The number of allylic oxidation sites excluding steroid dienone is 1. The second-order valence-corrected chi connectivity index (χ2v) is 11.0. The Hall–Kier alpha value is -1.88. The number of hydrogen-bond donors (Lipinski definition) is 1. The molecule has 0 fully saturated rings. The summed E-state index contributed by atoms with van der Waals surface area (Å²) in [6, 6.07) is 6.95. The van der Waals surface area contributed by atoms with Crippen molar-refractivity contribution in [3.8, 4) is 0 Å². The molecular weight excluding hydrogens is 294 g/mol. The highest BCUT2D eigenvalue weighted by atomic mass is 28.4. The zero-order valence-electron chi connectivity index (χ0n) is 13.4. The molecule has 1 aromatic carbocycles. The smallest absolute Gasteiger partial charge is 0.252 e. The molecule has 1 atom stereocenters. The Morgan fingerprint density at radius 3 is 2.64 bits per heavy atom. The maximum absolute atomic E-state index is 12.3. The number of aldehydes is 1. The van der Waals surface area contributed by atoms with E-state index in [2.05, 4.69) is 31.0 Å². The predicted molar refractivity (Wildman–Crippen MR) is 89.4 cm³/mol. The average molecular weight is 317 g/mol. The lowest BCUT2D eigenvalue weighted by atomic mass is 9.99. The number of carbonyl (C=O) groups excluding carboxylic acids is 2. The van der Waals surface area contributed by atoms with E-state index >= 15 is 0 Å². The van der Waals surface area contributed by atoms with Gasteiger partial charge in [0, 0.05) is 23.6 Å². The third-order valence-corrected chi connectivity index (χ3v) is 4.35. The van der Waals surface area contributed by atoms with Crippen molar-refractivity contribution < 1.29 is 14.0 Å². The third-order valence-electron chi connectivity index (χ3n) is 3.47. The zero-order chi connectivity index (χ0) is 16.2. The molecule has 0 radical (unpaired) electrons. The first-order valence-corrected chi connectivity index (χ1v) is 11.0. The summed E-state index contributed by atoms with van der Waals surface area (Å²) in [7, 11) is -1.56. The molecule has 0 aromatic heterocycles. The van der Waals surface area contributed by atoms with Gasteiger partial charge in [-0.3, -0.25) is 9.59 Å². The van der Waals surface area contributed by atoms with E-state index < -0.39 is 8.32 Å². The number of hydrogen-bond acceptors (Lipinski definition) is 3. The Bertz CT molecular complexity index is 590. The molecule has 0 aliphatic heterocycles. The Kier molecular flexibility index (Phi) is 5.18. The van der Waals surface area contributed by atoms with Gasteiger partial charge in [-0.25, -0.2) is 0 Å². The van der Waals surface area contributed by atoms with Gasteiger partial charge in [0.1, 0.15) is 0 Å². The van der Waals surface area contributed by atoms with Gasteiger partial charge < -0.3 is 9.74 Å². The molecule has 0 heterocycles. The molecule has 118 valence electrons. The third kappa shape index (κ3) is 4.56. The van der Waals surface area contributed by atoms with E-state index in [0.29, 0.717) is 11.1 Å². The van der Waals surface area contributed by atoms with E-state index in [9.17, 15) is 9.59 Å². The van der Waals surface area contributed by atoms with E-state index in [1.807, 2.05) is 0 Å². The van der Waals surface area contributed by atoms with Crippen molar-refractivity contribution in [3.05, 3.63) is 47.2 Å². The topological polar surface area (TPSA) is 55.4 Å². The number of rotatable bonds is 5. The van der Waals surface area contributed by atoms with Crippen LogP contribution < -0.4 is 5.32 Å². The minimum absolute atomic E-state index is 0.0983. The van der Waals surface area contributed by atoms with Gasteiger partial charge >= 0.3 is 0 Å². The molecule has 1 N–H and O–H groups in total. The molecule has 5 heteroatoms. The van der Waals surface area contributed by atoms with Crippen LogP contribution >= 0.6 is 0 Å². The summed E-state index contributed by atoms with van der Waals surface area (Å²) in [5.74, 6) is 0.869. The summed E-state index contributed by atoms with van der Waals surface area (Å²) in [4.78, 5) is 23.3. The minimum Gasteiger partial charge on any atom is -0.548 e. The van der Waals surface area contributed by atoms with Crippen LogP contribution in [0.4, 0.5) is 0 Å². The summed E-state index contributed by atoms with van der Waals surface area (Å²) in [5.41, 5.74) is 0.861. The van der Waals surface area contributed by atoms with Crippen molar-refractivity contribution in [3.63, 3.8) is 0 Å². The lowest BCUT2D eigenvalue weighted by Gasteiger charge is -2.28. The average Bonchev–Trinajstić information content (AvgIpc) is 2.47. The lowest BCUT2D eigenvalue weighted by molar-refractivity contribution is 0.0927. The highest BCUT2D eigenvalue weighted by Crippen LogP contribution is 2.23. The number of amides is 1. The normalized spacial score (nSPS) is 18.3. The first-order valence-electron chi connectivity index (χ1n) is 7.62. The molecule has 2 rings (SSSR count). The maximum atomic E-state index is 12.3. The second-order valence-electron chi connectivity index (χ2n) is 6.53. The maximum Gasteiger partial charge on any atom is 0.252 e. The van der Waals surface area contributed by atoms with Gasteiger partial charge in [-0.2, -0.15) is 0 Å². The lowest BCUT2D eigenvalue weighted by Crippen LogP contribution is -2.37. The molecule has 0 bridgehead atoms. The number of nitrogens with one attached hydrogen (secondary N) is 1. The summed E-state index contributed by atoms with van der Waals surface area (Å²) in [6.07, 6.45) is 5.29. The Morgan fingerprint density at radius 1 is 1.32 bits per heavy atom. The van der Waals surface area contributed by atoms with Crippen LogP contribution in [-0.4, -0.2) is 26.6 Å². The fourth-order valence-corrected chi connectivity index (χ4v) is 3.47. The monoisotopic (exact) mass is 317 g/mol. The summed E-state index contributed by atoms with van der Waals surface area (Å²) >= 11 is 0. The van der Waals surface area contributed by atoms with Gasteiger partial charge in [0.2, 0.25) is 8.32 Å². The van der Waals surface area contributed by atoms with Crippen molar-refractivity contribution in [2.24, 2.45) is 0 Å². The molecule has 1 unspecified atom stereocenters. The number of carbonyl (C=O) groups is 2. The van der Waals surface area contributed by atoms with Gasteiger partial charge in [0.25, 0.3) is 5.91 Å². The van der Waals surface area contributed by atoms with E-state index in [1.54, 1.807) is 24.3 Å². The molecule has 22 heavy (non-hydrogen) atoms. The van der Waals surface area contributed by atoms with Crippen molar-refractivity contribution in [1.29, 1.82) is 0 Å². The molecule has 0 saturated heterocycles. The highest BCUT2D eigenvalue weighted by molar-refractivity contribution is 6.70. The van der Waals surface area contributed by atoms with Crippen LogP contribution in [0.1, 0.15) is 40.0 Å². The Morgan fingerprint density at radius 2 is 2.05 bits per heavy atom. The summed E-state index contributed by atoms with van der Waals surface area (Å²) in [5, 5.41) is 3.01. The van der Waals surface area contributed by atoms with Crippen LogP contribution in [0.2, 0.25) is 19.6 Å². The van der Waals surface area contributed by atoms with Crippen molar-refractivity contribution >= 4 is 20.5 Å². The van der Waals surface area contributed by atoms with Crippen molar-refractivity contribution in [2.45, 2.75) is 44.9 Å². The van der Waals surface area contributed by atoms with Gasteiger partial charge in [-0.15, -0.1) is 0 Å². The van der Waals surface area contributed by atoms with Crippen molar-refractivity contribution in [2.75, 3.05) is 0 Å². The molecule has 0 saturated carbocycles. The van der Waals surface area contributed by atoms with E-state index in [-0.39, 0.29) is 11.9 Å². The second kappa shape index (κ2) is 6.92. The quantitative estimate of drug-likeness (QED) is 0.668. The fraction of sp³-hybridized carbons (Fsp3) is 0.412. The van der Waals surface area contributed by atoms with Gasteiger partial charge in [-0.1, -0.05) is 18.2 Å². The molecule has 4 nitrogen and oxygen atoms in total. The molecule has 1 aliphatic carbocycles. The molecular formula is C17H23NO3Si. The number of benzene rings is 1. The molecule has 1 amide bonds. The van der Waals surface area contributed by atoms with Crippen molar-refractivity contribution in [1.82, 2.24) is 5.32 Å². The van der Waals surface area contributed by atoms with Crippen LogP contribution in [0.25, 0.3) is 0 Å². The molecule has 1 aliphatic rings. The first-order chi connectivity index (χ1) is 10.4. The predicted octanol–water partition coefficient (Wildman–Crippen LogP) is 3.52. The molecule has 1 aromatic rings. The fourth-order valence-electron chi connectivity index (χ4n) is 2.50. The molecule has 0 spiro atoms. The van der Waals surface area contributed by atoms with Crippen LogP contribution in [0.5, 0.6) is 0 Å². The van der Waals surface area contributed by atoms with Gasteiger partial charge in [0.15, 0.2) is 6.29 Å². The first kappa shape index (κ1) is 16.5. The SMILES string of the molecule is C[Si](C)(C)OC1=CCC(NC(=O)c2ccccc2C=O)CC1. The minimum atomic E-state index is -1.56. The van der Waals surface area contributed by atoms with Crippen LogP contribution in [0.15, 0.2) is 36.1 Å². The Labute approximate surface area is 132 Å². The summed E-state index contributed by atoms with van der Waals surface area (Å²) in [6.45, 7) is 6.49. The van der Waals surface area contributed by atoms with Gasteiger partial charge in [0.05, 0.1) is 5.76 Å². The summed E-state index contributed by atoms with van der Waals surface area (Å²) < 4.78 is 5.99. The largest absolute Gasteiger partial charge is 0.548 e. The highest BCUT2D eigenvalue weighted by Gasteiger charge is 2.23. The van der Waals surface area contributed by atoms with Crippen LogP contribution in [0.3, 0.4) is 0 Å². The standard InChI is InChI=1S/C17H23NO3Si/c1-22(2,3)21-15-10-8-14(9-11-15)18-17(20)16-7-5-4-6-13(16)12-19/h4-7,10,12,14H,8-9,11H2,1-3H3,(H,18,20).